The van der Waals surface area contributed by atoms with Crippen molar-refractivity contribution in [3.63, 3.8) is 0 Å². The van der Waals surface area contributed by atoms with Gasteiger partial charge in [0.25, 0.3) is 0 Å². The van der Waals surface area contributed by atoms with Crippen LogP contribution in [0.15, 0.2) is 56.9 Å². The van der Waals surface area contributed by atoms with E-state index in [1.807, 2.05) is 0 Å². The van der Waals surface area contributed by atoms with Gasteiger partial charge in [-0.05, 0) is 54.0 Å². The highest BCUT2D eigenvalue weighted by molar-refractivity contribution is 9.10. The van der Waals surface area contributed by atoms with Gasteiger partial charge >= 0.3 is 18.0 Å². The number of benzene rings is 2. The van der Waals surface area contributed by atoms with Crippen LogP contribution in [0.2, 0.25) is 0 Å². The van der Waals surface area contributed by atoms with E-state index in [1.165, 1.54) is 9.47 Å². The highest BCUT2D eigenvalue weighted by Crippen LogP contribution is 2.50. The maximum Gasteiger partial charge on any atom is 0.417 e. The van der Waals surface area contributed by atoms with E-state index < -0.39 is 64.4 Å². The lowest BCUT2D eigenvalue weighted by Gasteiger charge is -2.43. The second kappa shape index (κ2) is 11.7. The number of aromatic nitrogens is 5. The zero-order valence-electron chi connectivity index (χ0n) is 25.2. The van der Waals surface area contributed by atoms with E-state index in [4.69, 9.17) is 0 Å². The van der Waals surface area contributed by atoms with Crippen LogP contribution in [-0.2, 0) is 12.7 Å². The van der Waals surface area contributed by atoms with Crippen molar-refractivity contribution in [3.8, 4) is 11.1 Å². The monoisotopic (exact) mass is 749 g/mol. The first-order valence-corrected chi connectivity index (χ1v) is 16.5. The highest BCUT2D eigenvalue weighted by atomic mass is 79.9. The molecule has 3 aromatic heterocycles. The number of anilines is 1. The van der Waals surface area contributed by atoms with Gasteiger partial charge in [0.05, 0.1) is 46.4 Å². The Labute approximate surface area is 281 Å². The van der Waals surface area contributed by atoms with Gasteiger partial charge in [-0.3, -0.25) is 9.47 Å². The van der Waals surface area contributed by atoms with Gasteiger partial charge in [0.2, 0.25) is 0 Å². The molecule has 1 saturated heterocycles. The summed E-state index contributed by atoms with van der Waals surface area (Å²) >= 11 is 3.99. The highest BCUT2D eigenvalue weighted by Gasteiger charge is 2.41. The third-order valence-electron chi connectivity index (χ3n) is 8.74. The van der Waals surface area contributed by atoms with Gasteiger partial charge in [0.1, 0.15) is 17.5 Å². The van der Waals surface area contributed by atoms with Crippen molar-refractivity contribution < 1.29 is 31.9 Å². The van der Waals surface area contributed by atoms with Crippen LogP contribution in [0.4, 0.5) is 32.6 Å². The number of halogens is 6. The molecule has 7 rings (SSSR count). The van der Waals surface area contributed by atoms with Crippen molar-refractivity contribution in [3.05, 3.63) is 74.9 Å². The van der Waals surface area contributed by atoms with Crippen LogP contribution >= 0.6 is 27.7 Å². The number of pyridine rings is 1. The van der Waals surface area contributed by atoms with Crippen molar-refractivity contribution in [1.29, 1.82) is 0 Å². The molecule has 0 bridgehead atoms. The molecule has 10 nitrogen and oxygen atoms in total. The summed E-state index contributed by atoms with van der Waals surface area (Å²) in [5.41, 5.74) is -2.39. The third kappa shape index (κ3) is 5.27. The summed E-state index contributed by atoms with van der Waals surface area (Å²) in [7, 11) is 0. The number of piperazine rings is 1. The number of amides is 1. The van der Waals surface area contributed by atoms with Crippen LogP contribution in [0, 0.1) is 11.6 Å². The maximum atomic E-state index is 15.5. The first kappa shape index (κ1) is 32.3. The largest absolute Gasteiger partial charge is 0.465 e. The Morgan fingerprint density at radius 3 is 2.50 bits per heavy atom. The number of fused-ring (bicyclic) bond motifs is 1. The van der Waals surface area contributed by atoms with Gasteiger partial charge < -0.3 is 10.0 Å². The number of alkyl halides is 3. The van der Waals surface area contributed by atoms with Gasteiger partial charge in [-0.25, -0.2) is 28.0 Å². The molecule has 3 atom stereocenters. The average Bonchev–Trinajstić information content (AvgIpc) is 3.34. The Bertz CT molecular complexity index is 2180. The second-order valence-electron chi connectivity index (χ2n) is 11.9. The molecule has 0 aliphatic carbocycles. The van der Waals surface area contributed by atoms with E-state index in [0.29, 0.717) is 11.7 Å². The van der Waals surface area contributed by atoms with E-state index in [9.17, 15) is 19.1 Å². The third-order valence-corrected chi connectivity index (χ3v) is 10.6. The summed E-state index contributed by atoms with van der Waals surface area (Å²) in [5, 5.41) is 14.9. The minimum Gasteiger partial charge on any atom is -0.465 e. The molecule has 48 heavy (non-hydrogen) atoms. The van der Waals surface area contributed by atoms with Crippen LogP contribution in [0.3, 0.4) is 0 Å². The number of carbonyl (C=O) groups is 1. The number of nitrogens with zero attached hydrogens (tertiary/aromatic N) is 7. The van der Waals surface area contributed by atoms with Gasteiger partial charge in [0.15, 0.2) is 5.65 Å². The van der Waals surface area contributed by atoms with Gasteiger partial charge in [-0.1, -0.05) is 0 Å². The zero-order chi connectivity index (χ0) is 34.2. The number of rotatable bonds is 3. The smallest absolute Gasteiger partial charge is 0.417 e. The number of carboxylic acid groups (broad SMARTS) is 1. The first-order valence-electron chi connectivity index (χ1n) is 14.8. The van der Waals surface area contributed by atoms with Gasteiger partial charge in [0, 0.05) is 57.9 Å². The lowest BCUT2D eigenvalue weighted by atomic mass is 9.95. The molecule has 1 amide bonds. The molecule has 5 aromatic rings. The fourth-order valence-electron chi connectivity index (χ4n) is 6.76. The molecule has 0 saturated carbocycles. The van der Waals surface area contributed by atoms with Crippen molar-refractivity contribution in [1.82, 2.24) is 29.2 Å². The number of hydrogen-bond donors (Lipinski definition) is 1. The summed E-state index contributed by atoms with van der Waals surface area (Å²) in [6, 6.07) is 4.13. The van der Waals surface area contributed by atoms with E-state index in [0.717, 1.165) is 29.3 Å². The number of thioether (sulfide) groups is 1. The quantitative estimate of drug-likeness (QED) is 0.159. The van der Waals surface area contributed by atoms with Crippen LogP contribution in [-0.4, -0.2) is 71.3 Å². The molecule has 0 spiro atoms. The summed E-state index contributed by atoms with van der Waals surface area (Å²) in [5.74, 6) is -2.13. The second-order valence-corrected chi connectivity index (χ2v) is 13.7. The lowest BCUT2D eigenvalue weighted by Crippen LogP contribution is -2.58. The first-order chi connectivity index (χ1) is 22.7. The SMILES string of the molecule is C[C@@H]1CN(c2nc(=O)n3c4c(c(-c5cc(Br)c(F)cc5F)c(C(F)(F)F)cc24)SC[C@@H](n2ncc4cccnc42)C3)C[C@H](C)N1C(=O)O. The maximum absolute atomic E-state index is 15.5. The Hall–Kier alpha value is -4.25. The lowest BCUT2D eigenvalue weighted by molar-refractivity contribution is -0.137. The fourth-order valence-corrected chi connectivity index (χ4v) is 8.43. The molecule has 250 valence electrons. The summed E-state index contributed by atoms with van der Waals surface area (Å²) in [4.78, 5) is 37.5. The van der Waals surface area contributed by atoms with Gasteiger partial charge in [-0.15, -0.1) is 11.8 Å². The predicted molar refractivity (Wildman–Crippen MR) is 172 cm³/mol. The Balaban J connectivity index is 1.53. The van der Waals surface area contributed by atoms with E-state index >= 15 is 17.6 Å². The predicted octanol–water partition coefficient (Wildman–Crippen LogP) is 6.79. The Kier molecular flexibility index (Phi) is 7.89. The molecule has 2 aromatic carbocycles. The molecule has 17 heteroatoms. The standard InChI is InChI=1S/C31H25BrF5N7O3S/c1-14-10-41(11-15(2)43(14)30(46)47)28-19-6-20(31(35,36)37)24(18-7-21(32)23(34)8-22(18)33)26-25(19)42(29(45)40-28)12-17(13-48-26)44-27-16(9-39-44)4-3-5-38-27/h3-9,14-15,17H,10-13H2,1-2H3,(H,46,47)/t14-,15+,17-/m0/s1. The summed E-state index contributed by atoms with van der Waals surface area (Å²) in [6.07, 6.45) is -2.98. The summed E-state index contributed by atoms with van der Waals surface area (Å²) in [6.45, 7) is 3.39. The van der Waals surface area contributed by atoms with Crippen LogP contribution in [0.1, 0.15) is 25.5 Å². The number of hydrogen-bond acceptors (Lipinski definition) is 7. The minimum atomic E-state index is -5.01. The molecule has 2 aliphatic heterocycles. The molecule has 2 aliphatic rings. The topological polar surface area (TPSA) is 109 Å². The molecular weight excluding hydrogens is 725 g/mol. The molecular formula is C31H25BrF5N7O3S. The van der Waals surface area contributed by atoms with E-state index in [1.54, 1.807) is 48.0 Å². The Morgan fingerprint density at radius 2 is 1.81 bits per heavy atom. The van der Waals surface area contributed by atoms with Crippen LogP contribution in [0.25, 0.3) is 33.1 Å². The van der Waals surface area contributed by atoms with E-state index in [2.05, 4.69) is 31.0 Å². The van der Waals surface area contributed by atoms with Crippen LogP contribution in [0.5, 0.6) is 0 Å². The van der Waals surface area contributed by atoms with Crippen molar-refractivity contribution >= 4 is 61.5 Å². The minimum absolute atomic E-state index is 0.0120. The molecule has 0 radical (unpaired) electrons. The van der Waals surface area contributed by atoms with E-state index in [-0.39, 0.29) is 51.5 Å². The zero-order valence-corrected chi connectivity index (χ0v) is 27.6. The average molecular weight is 751 g/mol. The van der Waals surface area contributed by atoms with Crippen LogP contribution < -0.4 is 10.6 Å². The molecule has 1 N–H and O–H groups in total. The normalized spacial score (nSPS) is 20.0. The van der Waals surface area contributed by atoms with Gasteiger partial charge in [-0.2, -0.15) is 23.3 Å². The van der Waals surface area contributed by atoms with Crippen molar-refractivity contribution in [2.24, 2.45) is 0 Å². The van der Waals surface area contributed by atoms with Crippen molar-refractivity contribution in [2.45, 2.75) is 49.6 Å². The Morgan fingerprint density at radius 1 is 1.08 bits per heavy atom. The molecule has 0 unspecified atom stereocenters. The van der Waals surface area contributed by atoms with Crippen molar-refractivity contribution in [2.75, 3.05) is 23.7 Å². The fraction of sp³-hybridized carbons (Fsp3) is 0.323. The molecule has 5 heterocycles. The summed E-state index contributed by atoms with van der Waals surface area (Å²) < 4.78 is 77.8. The molecule has 1 fully saturated rings.